The van der Waals surface area contributed by atoms with Crippen LogP contribution in [0.15, 0.2) is 0 Å². The number of amides is 2. The van der Waals surface area contributed by atoms with Crippen LogP contribution in [-0.2, 0) is 0 Å². The standard InChI is InChI=1S/C10H9F5N2O/c1-3(2)16-10(18)17-9-7(14)5(12)4(11)6(13)8(9)15/h3H,1-2H3,(H2,16,17,18). The summed E-state index contributed by atoms with van der Waals surface area (Å²) in [6.07, 6.45) is 0. The van der Waals surface area contributed by atoms with Crippen molar-refractivity contribution in [2.75, 3.05) is 5.32 Å². The predicted octanol–water partition coefficient (Wildman–Crippen LogP) is 2.91. The van der Waals surface area contributed by atoms with E-state index in [0.717, 1.165) is 0 Å². The second-order valence-corrected chi connectivity index (χ2v) is 3.70. The Balaban J connectivity index is 3.14. The molecule has 18 heavy (non-hydrogen) atoms. The van der Waals surface area contributed by atoms with Gasteiger partial charge in [-0.25, -0.2) is 26.7 Å². The highest BCUT2D eigenvalue weighted by molar-refractivity contribution is 5.89. The zero-order chi connectivity index (χ0) is 14.0. The summed E-state index contributed by atoms with van der Waals surface area (Å²) in [5.41, 5.74) is -1.38. The van der Waals surface area contributed by atoms with Gasteiger partial charge in [0.25, 0.3) is 0 Å². The van der Waals surface area contributed by atoms with Gasteiger partial charge in [0, 0.05) is 6.04 Å². The van der Waals surface area contributed by atoms with Crippen molar-refractivity contribution in [3.05, 3.63) is 29.1 Å². The fourth-order valence-electron chi connectivity index (χ4n) is 1.13. The van der Waals surface area contributed by atoms with E-state index in [1.165, 1.54) is 0 Å². The number of hydrogen-bond donors (Lipinski definition) is 2. The molecule has 2 N–H and O–H groups in total. The summed E-state index contributed by atoms with van der Waals surface area (Å²) in [4.78, 5) is 11.1. The molecule has 2 amide bonds. The summed E-state index contributed by atoms with van der Waals surface area (Å²) < 4.78 is 64.5. The number of nitrogens with one attached hydrogen (secondary N) is 2. The Kier molecular flexibility index (Phi) is 4.10. The van der Waals surface area contributed by atoms with E-state index < -0.39 is 40.8 Å². The summed E-state index contributed by atoms with van der Waals surface area (Å²) in [7, 11) is 0. The van der Waals surface area contributed by atoms with Gasteiger partial charge in [0.2, 0.25) is 5.82 Å². The monoisotopic (exact) mass is 268 g/mol. The molecule has 0 aliphatic carbocycles. The minimum absolute atomic E-state index is 0.369. The van der Waals surface area contributed by atoms with Crippen LogP contribution in [0, 0.1) is 29.1 Å². The van der Waals surface area contributed by atoms with Gasteiger partial charge in [-0.05, 0) is 13.8 Å². The van der Waals surface area contributed by atoms with E-state index in [1.54, 1.807) is 19.2 Å². The van der Waals surface area contributed by atoms with Crippen LogP contribution >= 0.6 is 0 Å². The third kappa shape index (κ3) is 2.69. The van der Waals surface area contributed by atoms with Crippen molar-refractivity contribution in [2.24, 2.45) is 0 Å². The van der Waals surface area contributed by atoms with Crippen molar-refractivity contribution in [1.29, 1.82) is 0 Å². The number of halogens is 5. The predicted molar refractivity (Wildman–Crippen MR) is 53.5 cm³/mol. The van der Waals surface area contributed by atoms with Gasteiger partial charge in [-0.3, -0.25) is 0 Å². The lowest BCUT2D eigenvalue weighted by atomic mass is 10.2. The van der Waals surface area contributed by atoms with Gasteiger partial charge in [0.05, 0.1) is 0 Å². The first-order chi connectivity index (χ1) is 8.25. The molecule has 0 atom stereocenters. The van der Waals surface area contributed by atoms with E-state index >= 15 is 0 Å². The summed E-state index contributed by atoms with van der Waals surface area (Å²) in [6, 6.07) is -1.44. The van der Waals surface area contributed by atoms with Crippen molar-refractivity contribution in [3.63, 3.8) is 0 Å². The maximum absolute atomic E-state index is 13.1. The van der Waals surface area contributed by atoms with Crippen LogP contribution in [0.1, 0.15) is 13.8 Å². The Morgan fingerprint density at radius 3 is 1.67 bits per heavy atom. The van der Waals surface area contributed by atoms with Crippen LogP contribution in [0.4, 0.5) is 32.4 Å². The third-order valence-corrected chi connectivity index (χ3v) is 1.87. The second kappa shape index (κ2) is 5.19. The van der Waals surface area contributed by atoms with Gasteiger partial charge in [-0.2, -0.15) is 0 Å². The fraction of sp³-hybridized carbons (Fsp3) is 0.300. The van der Waals surface area contributed by atoms with Crippen molar-refractivity contribution < 1.29 is 26.7 Å². The molecule has 100 valence electrons. The Hall–Kier alpha value is -1.86. The van der Waals surface area contributed by atoms with Crippen LogP contribution in [0.3, 0.4) is 0 Å². The largest absolute Gasteiger partial charge is 0.336 e. The molecule has 0 aliphatic heterocycles. The van der Waals surface area contributed by atoms with E-state index in [0.29, 0.717) is 0 Å². The zero-order valence-corrected chi connectivity index (χ0v) is 9.38. The Morgan fingerprint density at radius 2 is 1.28 bits per heavy atom. The molecule has 0 fully saturated rings. The maximum atomic E-state index is 13.1. The Bertz CT molecular complexity index is 461. The average molecular weight is 268 g/mol. The van der Waals surface area contributed by atoms with E-state index in [1.807, 2.05) is 0 Å². The van der Waals surface area contributed by atoms with Gasteiger partial charge in [-0.1, -0.05) is 0 Å². The molecule has 0 unspecified atom stereocenters. The molecule has 0 aliphatic rings. The summed E-state index contributed by atoms with van der Waals surface area (Å²) in [5.74, 6) is -10.7. The second-order valence-electron chi connectivity index (χ2n) is 3.70. The first-order valence-electron chi connectivity index (χ1n) is 4.84. The van der Waals surface area contributed by atoms with E-state index in [4.69, 9.17) is 0 Å². The average Bonchev–Trinajstić information content (AvgIpc) is 2.29. The normalized spacial score (nSPS) is 10.7. The molecule has 1 rings (SSSR count). The zero-order valence-electron chi connectivity index (χ0n) is 9.38. The number of anilines is 1. The number of carbonyl (C=O) groups excluding carboxylic acids is 1. The van der Waals surface area contributed by atoms with E-state index in [9.17, 15) is 26.7 Å². The molecule has 0 saturated heterocycles. The SMILES string of the molecule is CC(C)NC(=O)Nc1c(F)c(F)c(F)c(F)c1F. The van der Waals surface area contributed by atoms with Crippen molar-refractivity contribution >= 4 is 11.7 Å². The quantitative estimate of drug-likeness (QED) is 0.483. The number of rotatable bonds is 2. The third-order valence-electron chi connectivity index (χ3n) is 1.87. The maximum Gasteiger partial charge on any atom is 0.319 e. The summed E-state index contributed by atoms with van der Waals surface area (Å²) in [5, 5.41) is 3.75. The Labute approximate surface area is 99.0 Å². The highest BCUT2D eigenvalue weighted by atomic mass is 19.2. The number of hydrogen-bond acceptors (Lipinski definition) is 1. The molecule has 8 heteroatoms. The first-order valence-corrected chi connectivity index (χ1v) is 4.84. The molecule has 0 aromatic heterocycles. The smallest absolute Gasteiger partial charge is 0.319 e. The molecular formula is C10H9F5N2O. The molecule has 0 radical (unpaired) electrons. The highest BCUT2D eigenvalue weighted by Crippen LogP contribution is 2.26. The Morgan fingerprint density at radius 1 is 0.889 bits per heavy atom. The van der Waals surface area contributed by atoms with Gasteiger partial charge in [-0.15, -0.1) is 0 Å². The number of benzene rings is 1. The first kappa shape index (κ1) is 14.2. The lowest BCUT2D eigenvalue weighted by Gasteiger charge is -2.12. The lowest BCUT2D eigenvalue weighted by molar-refractivity contribution is 0.249. The summed E-state index contributed by atoms with van der Waals surface area (Å²) in [6.45, 7) is 3.11. The lowest BCUT2D eigenvalue weighted by Crippen LogP contribution is -2.35. The number of urea groups is 1. The highest BCUT2D eigenvalue weighted by Gasteiger charge is 2.26. The van der Waals surface area contributed by atoms with Crippen LogP contribution in [-0.4, -0.2) is 12.1 Å². The van der Waals surface area contributed by atoms with Gasteiger partial charge >= 0.3 is 6.03 Å². The number of carbonyl (C=O) groups is 1. The van der Waals surface area contributed by atoms with Crippen LogP contribution in [0.25, 0.3) is 0 Å². The minimum Gasteiger partial charge on any atom is -0.336 e. The van der Waals surface area contributed by atoms with E-state index in [-0.39, 0.29) is 6.04 Å². The van der Waals surface area contributed by atoms with Gasteiger partial charge in [0.15, 0.2) is 23.3 Å². The molecule has 3 nitrogen and oxygen atoms in total. The molecule has 0 bridgehead atoms. The van der Waals surface area contributed by atoms with Crippen molar-refractivity contribution in [1.82, 2.24) is 5.32 Å². The van der Waals surface area contributed by atoms with Gasteiger partial charge in [0.1, 0.15) is 5.69 Å². The molecule has 0 saturated carbocycles. The van der Waals surface area contributed by atoms with Crippen LogP contribution < -0.4 is 10.6 Å². The van der Waals surface area contributed by atoms with E-state index in [2.05, 4.69) is 5.32 Å². The molecule has 0 heterocycles. The fourth-order valence-corrected chi connectivity index (χ4v) is 1.13. The minimum atomic E-state index is -2.28. The molecule has 1 aromatic carbocycles. The topological polar surface area (TPSA) is 41.1 Å². The van der Waals surface area contributed by atoms with Crippen LogP contribution in [0.5, 0.6) is 0 Å². The van der Waals surface area contributed by atoms with Gasteiger partial charge < -0.3 is 10.6 Å². The van der Waals surface area contributed by atoms with Crippen LogP contribution in [0.2, 0.25) is 0 Å². The summed E-state index contributed by atoms with van der Waals surface area (Å²) >= 11 is 0. The molecular weight excluding hydrogens is 259 g/mol. The van der Waals surface area contributed by atoms with Crippen molar-refractivity contribution in [2.45, 2.75) is 19.9 Å². The van der Waals surface area contributed by atoms with Crippen molar-refractivity contribution in [3.8, 4) is 0 Å². The molecule has 0 spiro atoms. The molecule has 1 aromatic rings.